The number of carbonyl (C=O) groups is 2. The predicted octanol–water partition coefficient (Wildman–Crippen LogP) is 3.14. The molecule has 1 atom stereocenters. The third-order valence-corrected chi connectivity index (χ3v) is 4.72. The van der Waals surface area contributed by atoms with Crippen molar-refractivity contribution in [3.8, 4) is 0 Å². The Hall–Kier alpha value is -2.40. The molecule has 1 fully saturated rings. The molecule has 0 saturated carbocycles. The zero-order chi connectivity index (χ0) is 18.7. The average Bonchev–Trinajstić information content (AvgIpc) is 2.97. The maximum absolute atomic E-state index is 13.0. The molecule has 1 amide bonds. The van der Waals surface area contributed by atoms with Crippen LogP contribution in [0, 0.1) is 5.92 Å². The van der Waals surface area contributed by atoms with Crippen molar-refractivity contribution in [2.45, 2.75) is 32.9 Å². The fraction of sp³-hybridized carbons (Fsp3) is 0.350. The molecule has 1 aliphatic rings. The highest BCUT2D eigenvalue weighted by atomic mass is 35.5. The summed E-state index contributed by atoms with van der Waals surface area (Å²) in [6.45, 7) is 4.75. The lowest BCUT2D eigenvalue weighted by Gasteiger charge is -2.17. The second kappa shape index (κ2) is 7.87. The van der Waals surface area contributed by atoms with Gasteiger partial charge in [-0.1, -0.05) is 35.9 Å². The van der Waals surface area contributed by atoms with Crippen molar-refractivity contribution in [3.63, 3.8) is 0 Å². The minimum Gasteiger partial charge on any atom is -0.337 e. The van der Waals surface area contributed by atoms with E-state index in [1.807, 2.05) is 44.2 Å². The molecule has 3 rings (SSSR count). The zero-order valence-electron chi connectivity index (χ0n) is 14.9. The van der Waals surface area contributed by atoms with E-state index in [0.717, 1.165) is 5.56 Å². The van der Waals surface area contributed by atoms with Gasteiger partial charge < -0.3 is 4.90 Å². The molecule has 1 aromatic heterocycles. The van der Waals surface area contributed by atoms with Gasteiger partial charge in [0.25, 0.3) is 0 Å². The molecule has 0 radical (unpaired) electrons. The molecule has 0 spiro atoms. The Balaban J connectivity index is 1.79. The largest absolute Gasteiger partial charge is 0.337 e. The van der Waals surface area contributed by atoms with E-state index in [9.17, 15) is 9.59 Å². The van der Waals surface area contributed by atoms with Gasteiger partial charge in [0.15, 0.2) is 0 Å². The van der Waals surface area contributed by atoms with E-state index < -0.39 is 0 Å². The van der Waals surface area contributed by atoms with Crippen LogP contribution in [0.4, 0.5) is 0 Å². The van der Waals surface area contributed by atoms with Gasteiger partial charge in [-0.2, -0.15) is 0 Å². The van der Waals surface area contributed by atoms with E-state index in [2.05, 4.69) is 4.99 Å². The third kappa shape index (κ3) is 4.05. The molecular weight excluding hydrogens is 350 g/mol. The van der Waals surface area contributed by atoms with E-state index in [0.29, 0.717) is 23.6 Å². The first kappa shape index (κ1) is 18.4. The van der Waals surface area contributed by atoms with Gasteiger partial charge in [-0.3, -0.25) is 19.1 Å². The molecule has 136 valence electrons. The van der Waals surface area contributed by atoms with Crippen LogP contribution in [0.5, 0.6) is 0 Å². The van der Waals surface area contributed by atoms with Gasteiger partial charge in [-0.15, -0.1) is 0 Å². The predicted molar refractivity (Wildman–Crippen MR) is 101 cm³/mol. The van der Waals surface area contributed by atoms with Crippen LogP contribution in [0.3, 0.4) is 0 Å². The molecule has 26 heavy (non-hydrogen) atoms. The van der Waals surface area contributed by atoms with Crippen molar-refractivity contribution in [1.82, 2.24) is 9.47 Å². The topological polar surface area (TPSA) is 54.7 Å². The minimum atomic E-state index is -0.376. The third-order valence-electron chi connectivity index (χ3n) is 4.35. The quantitative estimate of drug-likeness (QED) is 0.829. The summed E-state index contributed by atoms with van der Waals surface area (Å²) < 4.78 is 1.55. The van der Waals surface area contributed by atoms with Crippen LogP contribution in [0.2, 0.25) is 5.02 Å². The van der Waals surface area contributed by atoms with Crippen molar-refractivity contribution >= 4 is 23.4 Å². The first-order valence-corrected chi connectivity index (χ1v) is 9.10. The molecule has 2 aromatic rings. The summed E-state index contributed by atoms with van der Waals surface area (Å²) in [6, 6.07) is 13.0. The summed E-state index contributed by atoms with van der Waals surface area (Å²) in [5.41, 5.74) is 1.50. The summed E-state index contributed by atoms with van der Waals surface area (Å²) in [6.07, 6.45) is 1.93. The van der Waals surface area contributed by atoms with E-state index in [4.69, 9.17) is 11.6 Å². The number of rotatable bonds is 4. The fourth-order valence-corrected chi connectivity index (χ4v) is 3.31. The van der Waals surface area contributed by atoms with Gasteiger partial charge in [-0.05, 0) is 37.6 Å². The van der Waals surface area contributed by atoms with Crippen molar-refractivity contribution in [1.29, 1.82) is 0 Å². The van der Waals surface area contributed by atoms with Crippen LogP contribution in [-0.4, -0.2) is 33.9 Å². The van der Waals surface area contributed by atoms with Gasteiger partial charge in [0.2, 0.25) is 11.8 Å². The van der Waals surface area contributed by atoms with Crippen LogP contribution in [-0.2, 0) is 11.3 Å². The molecule has 1 aliphatic heterocycles. The van der Waals surface area contributed by atoms with E-state index in [-0.39, 0.29) is 30.2 Å². The number of halogens is 1. The van der Waals surface area contributed by atoms with E-state index >= 15 is 0 Å². The molecule has 1 saturated heterocycles. The lowest BCUT2D eigenvalue weighted by molar-refractivity contribution is -0.128. The van der Waals surface area contributed by atoms with Crippen molar-refractivity contribution in [2.75, 3.05) is 6.54 Å². The molecule has 5 nitrogen and oxygen atoms in total. The normalized spacial score (nSPS) is 18.0. The Labute approximate surface area is 157 Å². The first-order valence-electron chi connectivity index (χ1n) is 8.72. The minimum absolute atomic E-state index is 0.0258. The summed E-state index contributed by atoms with van der Waals surface area (Å²) in [5, 5.41) is 0.630. The first-order chi connectivity index (χ1) is 12.5. The molecule has 1 unspecified atom stereocenters. The fourth-order valence-electron chi connectivity index (χ4n) is 3.11. The number of aromatic nitrogens is 1. The van der Waals surface area contributed by atoms with Gasteiger partial charge in [0.05, 0.1) is 5.92 Å². The Kier molecular flexibility index (Phi) is 5.57. The summed E-state index contributed by atoms with van der Waals surface area (Å²) in [5.74, 6) is -0.499. The van der Waals surface area contributed by atoms with E-state index in [1.54, 1.807) is 27.8 Å². The number of pyridine rings is 1. The van der Waals surface area contributed by atoms with Crippen LogP contribution < -0.4 is 5.49 Å². The van der Waals surface area contributed by atoms with Crippen LogP contribution in [0.1, 0.15) is 30.6 Å². The standard InChI is InChI=1S/C20H22ClN3O2/c1-14(2)22-18-9-5-6-10-24(18)20(26)16-11-19(25)23(13-16)12-15-7-3-4-8-17(15)21/h3-10,14,16H,11-13H2,1-2H3. The highest BCUT2D eigenvalue weighted by molar-refractivity contribution is 6.31. The lowest BCUT2D eigenvalue weighted by Crippen LogP contribution is -2.33. The van der Waals surface area contributed by atoms with Crippen LogP contribution >= 0.6 is 11.6 Å². The maximum atomic E-state index is 13.0. The maximum Gasteiger partial charge on any atom is 0.237 e. The molecule has 1 aromatic carbocycles. The highest BCUT2D eigenvalue weighted by Crippen LogP contribution is 2.24. The monoisotopic (exact) mass is 371 g/mol. The van der Waals surface area contributed by atoms with Gasteiger partial charge in [0.1, 0.15) is 5.49 Å². The second-order valence-electron chi connectivity index (χ2n) is 6.76. The summed E-state index contributed by atoms with van der Waals surface area (Å²) in [4.78, 5) is 31.6. The molecule has 0 bridgehead atoms. The van der Waals surface area contributed by atoms with E-state index in [1.165, 1.54) is 0 Å². The molecule has 2 heterocycles. The summed E-state index contributed by atoms with van der Waals surface area (Å²) >= 11 is 6.19. The Bertz CT molecular complexity index is 888. The highest BCUT2D eigenvalue weighted by Gasteiger charge is 2.35. The van der Waals surface area contributed by atoms with Gasteiger partial charge in [0, 0.05) is 36.8 Å². The molecule has 0 aliphatic carbocycles. The smallest absolute Gasteiger partial charge is 0.237 e. The second-order valence-corrected chi connectivity index (χ2v) is 7.16. The number of hydrogen-bond donors (Lipinski definition) is 0. The van der Waals surface area contributed by atoms with Crippen molar-refractivity contribution < 1.29 is 9.59 Å². The molecule has 0 N–H and O–H groups in total. The Morgan fingerprint density at radius 2 is 1.96 bits per heavy atom. The van der Waals surface area contributed by atoms with Crippen molar-refractivity contribution in [3.05, 3.63) is 64.7 Å². The Morgan fingerprint density at radius 1 is 1.23 bits per heavy atom. The number of nitrogens with zero attached hydrogens (tertiary/aromatic N) is 3. The number of hydrogen-bond acceptors (Lipinski definition) is 3. The van der Waals surface area contributed by atoms with Crippen LogP contribution in [0.25, 0.3) is 0 Å². The molecule has 6 heteroatoms. The zero-order valence-corrected chi connectivity index (χ0v) is 15.7. The average molecular weight is 372 g/mol. The SMILES string of the molecule is CC(C)N=c1ccccn1C(=O)C1CC(=O)N(Cc2ccccc2Cl)C1. The van der Waals surface area contributed by atoms with Crippen LogP contribution in [0.15, 0.2) is 53.7 Å². The summed E-state index contributed by atoms with van der Waals surface area (Å²) in [7, 11) is 0. The number of benzene rings is 1. The van der Waals surface area contributed by atoms with Gasteiger partial charge >= 0.3 is 0 Å². The molecular formula is C20H22ClN3O2. The Morgan fingerprint density at radius 3 is 2.69 bits per heavy atom. The lowest BCUT2D eigenvalue weighted by atomic mass is 10.1. The number of carbonyl (C=O) groups excluding carboxylic acids is 2. The number of amides is 1. The van der Waals surface area contributed by atoms with Crippen molar-refractivity contribution in [2.24, 2.45) is 10.9 Å². The number of likely N-dealkylation sites (tertiary alicyclic amines) is 1. The van der Waals surface area contributed by atoms with Gasteiger partial charge in [-0.25, -0.2) is 0 Å².